The second-order valence-corrected chi connectivity index (χ2v) is 5.65. The Morgan fingerprint density at radius 1 is 1.47 bits per heavy atom. The molecule has 0 amide bonds. The van der Waals surface area contributed by atoms with Gasteiger partial charge in [-0.3, -0.25) is 0 Å². The molecule has 0 aromatic carbocycles. The van der Waals surface area contributed by atoms with Gasteiger partial charge in [0.15, 0.2) is 0 Å². The summed E-state index contributed by atoms with van der Waals surface area (Å²) >= 11 is 0. The number of aliphatic hydroxyl groups is 1. The van der Waals surface area contributed by atoms with Gasteiger partial charge in [-0.2, -0.15) is 0 Å². The minimum Gasteiger partial charge on any atom is -0.460 e. The van der Waals surface area contributed by atoms with Crippen LogP contribution < -0.4 is 0 Å². The van der Waals surface area contributed by atoms with E-state index in [1.54, 1.807) is 0 Å². The largest absolute Gasteiger partial charge is 0.460 e. The summed E-state index contributed by atoms with van der Waals surface area (Å²) < 4.78 is 5.27. The Morgan fingerprint density at radius 3 is 2.53 bits per heavy atom. The molecule has 0 unspecified atom stereocenters. The van der Waals surface area contributed by atoms with Crippen molar-refractivity contribution in [2.45, 2.75) is 59.2 Å². The maximum Gasteiger partial charge on any atom is 0.334 e. The van der Waals surface area contributed by atoms with Gasteiger partial charge in [-0.25, -0.2) is 4.79 Å². The summed E-state index contributed by atoms with van der Waals surface area (Å²) in [7, 11) is 0. The highest BCUT2D eigenvalue weighted by Crippen LogP contribution is 2.39. The Bertz CT molecular complexity index is 233. The van der Waals surface area contributed by atoms with Crippen molar-refractivity contribution in [2.24, 2.45) is 11.3 Å². The molecule has 0 aromatic heterocycles. The van der Waals surface area contributed by atoms with Gasteiger partial charge in [-0.1, -0.05) is 20.8 Å². The first-order valence-corrected chi connectivity index (χ1v) is 5.69. The van der Waals surface area contributed by atoms with Crippen molar-refractivity contribution in [2.75, 3.05) is 0 Å². The number of hydrogen-bond donors (Lipinski definition) is 1. The molecule has 88 valence electrons. The van der Waals surface area contributed by atoms with Crippen LogP contribution in [0.2, 0.25) is 0 Å². The molecule has 1 aliphatic carbocycles. The van der Waals surface area contributed by atoms with E-state index in [0.29, 0.717) is 5.92 Å². The van der Waals surface area contributed by atoms with Gasteiger partial charge in [0, 0.05) is 0 Å². The zero-order valence-electron chi connectivity index (χ0n) is 10.1. The normalized spacial score (nSPS) is 32.1. The molecule has 3 nitrogen and oxygen atoms in total. The van der Waals surface area contributed by atoms with Crippen molar-refractivity contribution >= 4 is 5.97 Å². The van der Waals surface area contributed by atoms with Crippen LogP contribution in [0.5, 0.6) is 0 Å². The third-order valence-corrected chi connectivity index (χ3v) is 2.97. The Morgan fingerprint density at radius 2 is 2.07 bits per heavy atom. The van der Waals surface area contributed by atoms with Crippen molar-refractivity contribution in [3.8, 4) is 0 Å². The zero-order chi connectivity index (χ0) is 11.6. The molecule has 0 bridgehead atoms. The Labute approximate surface area is 91.8 Å². The molecule has 1 rings (SSSR count). The summed E-state index contributed by atoms with van der Waals surface area (Å²) in [5.74, 6) is 0.0884. The molecule has 1 aliphatic rings. The van der Waals surface area contributed by atoms with Gasteiger partial charge in [0.2, 0.25) is 0 Å². The first-order chi connectivity index (χ1) is 6.80. The topological polar surface area (TPSA) is 46.5 Å². The van der Waals surface area contributed by atoms with Gasteiger partial charge in [-0.15, -0.1) is 0 Å². The van der Waals surface area contributed by atoms with Crippen LogP contribution in [-0.4, -0.2) is 23.3 Å². The van der Waals surface area contributed by atoms with Gasteiger partial charge < -0.3 is 9.84 Å². The fourth-order valence-electron chi connectivity index (χ4n) is 2.61. The third-order valence-electron chi connectivity index (χ3n) is 2.97. The Hall–Kier alpha value is -0.570. The lowest BCUT2D eigenvalue weighted by atomic mass is 9.71. The van der Waals surface area contributed by atoms with Crippen LogP contribution >= 0.6 is 0 Å². The second-order valence-electron chi connectivity index (χ2n) is 5.65. The SMILES string of the molecule is C[C@@H]1C[C@H](OC(=O)[C@@H](C)O)CC(C)(C)C1. The highest BCUT2D eigenvalue weighted by Gasteiger charge is 2.34. The van der Waals surface area contributed by atoms with Crippen LogP contribution in [-0.2, 0) is 9.53 Å². The van der Waals surface area contributed by atoms with E-state index in [1.165, 1.54) is 13.3 Å². The van der Waals surface area contributed by atoms with Gasteiger partial charge in [0.05, 0.1) is 0 Å². The van der Waals surface area contributed by atoms with Gasteiger partial charge in [0.1, 0.15) is 12.2 Å². The van der Waals surface area contributed by atoms with E-state index in [1.807, 2.05) is 0 Å². The minimum absolute atomic E-state index is 0.0224. The van der Waals surface area contributed by atoms with Crippen molar-refractivity contribution < 1.29 is 14.6 Å². The first kappa shape index (κ1) is 12.5. The molecular weight excluding hydrogens is 192 g/mol. The summed E-state index contributed by atoms with van der Waals surface area (Å²) in [6.07, 6.45) is 1.96. The lowest BCUT2D eigenvalue weighted by Gasteiger charge is -2.38. The molecular formula is C12H22O3. The van der Waals surface area contributed by atoms with E-state index in [4.69, 9.17) is 9.84 Å². The molecule has 0 aromatic rings. The monoisotopic (exact) mass is 214 g/mol. The fourth-order valence-corrected chi connectivity index (χ4v) is 2.61. The predicted molar refractivity (Wildman–Crippen MR) is 58.4 cm³/mol. The number of carbonyl (C=O) groups is 1. The van der Waals surface area contributed by atoms with Gasteiger partial charge in [-0.05, 0) is 37.5 Å². The summed E-state index contributed by atoms with van der Waals surface area (Å²) in [5.41, 5.74) is 0.237. The summed E-state index contributed by atoms with van der Waals surface area (Å²) in [4.78, 5) is 11.3. The van der Waals surface area contributed by atoms with E-state index in [9.17, 15) is 4.79 Å². The predicted octanol–water partition coefficient (Wildman–Crippen LogP) is 2.13. The van der Waals surface area contributed by atoms with Crippen LogP contribution in [0.25, 0.3) is 0 Å². The van der Waals surface area contributed by atoms with Crippen molar-refractivity contribution in [3.63, 3.8) is 0 Å². The van der Waals surface area contributed by atoms with Gasteiger partial charge >= 0.3 is 5.97 Å². The smallest absolute Gasteiger partial charge is 0.334 e. The summed E-state index contributed by atoms with van der Waals surface area (Å²) in [6.45, 7) is 8.03. The lowest BCUT2D eigenvalue weighted by molar-refractivity contribution is -0.162. The molecule has 3 heteroatoms. The van der Waals surface area contributed by atoms with E-state index >= 15 is 0 Å². The first-order valence-electron chi connectivity index (χ1n) is 5.69. The second kappa shape index (κ2) is 4.52. The van der Waals surface area contributed by atoms with Crippen molar-refractivity contribution in [1.82, 2.24) is 0 Å². The molecule has 0 spiro atoms. The van der Waals surface area contributed by atoms with Crippen LogP contribution in [0, 0.1) is 11.3 Å². The third kappa shape index (κ3) is 3.82. The molecule has 0 aliphatic heterocycles. The standard InChI is InChI=1S/C12H22O3/c1-8-5-10(7-12(3,4)6-8)15-11(14)9(2)13/h8-10,13H,5-7H2,1-4H3/t8-,9-,10+/m1/s1. The maximum atomic E-state index is 11.3. The van der Waals surface area contributed by atoms with E-state index in [2.05, 4.69) is 20.8 Å². The van der Waals surface area contributed by atoms with Crippen LogP contribution in [0.4, 0.5) is 0 Å². The van der Waals surface area contributed by atoms with E-state index < -0.39 is 12.1 Å². The van der Waals surface area contributed by atoms with Gasteiger partial charge in [0.25, 0.3) is 0 Å². The average molecular weight is 214 g/mol. The van der Waals surface area contributed by atoms with Crippen LogP contribution in [0.1, 0.15) is 47.0 Å². The lowest BCUT2D eigenvalue weighted by Crippen LogP contribution is -2.35. The van der Waals surface area contributed by atoms with E-state index in [-0.39, 0.29) is 11.5 Å². The minimum atomic E-state index is -1.01. The Kier molecular flexibility index (Phi) is 3.77. The highest BCUT2D eigenvalue weighted by atomic mass is 16.6. The number of hydrogen-bond acceptors (Lipinski definition) is 3. The molecule has 0 heterocycles. The highest BCUT2D eigenvalue weighted by molar-refractivity contribution is 5.73. The number of rotatable bonds is 2. The Balaban J connectivity index is 2.52. The fraction of sp³-hybridized carbons (Fsp3) is 0.917. The molecule has 1 N–H and O–H groups in total. The number of aliphatic hydroxyl groups excluding tert-OH is 1. The number of carbonyl (C=O) groups excluding carboxylic acids is 1. The molecule has 1 saturated carbocycles. The van der Waals surface area contributed by atoms with Crippen molar-refractivity contribution in [3.05, 3.63) is 0 Å². The molecule has 0 radical (unpaired) electrons. The summed E-state index contributed by atoms with van der Waals surface area (Å²) in [6, 6.07) is 0. The quantitative estimate of drug-likeness (QED) is 0.716. The van der Waals surface area contributed by atoms with Crippen molar-refractivity contribution in [1.29, 1.82) is 0 Å². The van der Waals surface area contributed by atoms with Crippen LogP contribution in [0.3, 0.4) is 0 Å². The van der Waals surface area contributed by atoms with Crippen LogP contribution in [0.15, 0.2) is 0 Å². The number of esters is 1. The average Bonchev–Trinajstić information content (AvgIpc) is 1.99. The van der Waals surface area contributed by atoms with E-state index in [0.717, 1.165) is 12.8 Å². The molecule has 15 heavy (non-hydrogen) atoms. The number of ether oxygens (including phenoxy) is 1. The zero-order valence-corrected chi connectivity index (χ0v) is 10.1. The molecule has 1 fully saturated rings. The molecule has 0 saturated heterocycles. The molecule has 3 atom stereocenters. The summed E-state index contributed by atoms with van der Waals surface area (Å²) in [5, 5.41) is 9.07. The maximum absolute atomic E-state index is 11.3.